The second-order valence-corrected chi connectivity index (χ2v) is 9.79. The maximum atomic E-state index is 13.3. The number of alkyl carbamates (subject to hydrolysis) is 1. The van der Waals surface area contributed by atoms with Crippen molar-refractivity contribution in [3.8, 4) is 11.1 Å². The molecule has 6 heteroatoms. The molecule has 0 fully saturated rings. The first kappa shape index (κ1) is 26.2. The number of amides is 2. The maximum absolute atomic E-state index is 13.3. The SMILES string of the molecule is O=C(N[C@@H](Cc1ccccc1)C(=O)N[C@@H](CO)Cc1ccccc1)OCC1c2ccccc2-c2ccccc21. The molecular weight excluding hydrogens is 488 g/mol. The summed E-state index contributed by atoms with van der Waals surface area (Å²) in [6.45, 7) is -0.0591. The van der Waals surface area contributed by atoms with Crippen molar-refractivity contribution >= 4 is 12.0 Å². The third kappa shape index (κ3) is 6.36. The van der Waals surface area contributed by atoms with Crippen LogP contribution in [0.15, 0.2) is 109 Å². The summed E-state index contributed by atoms with van der Waals surface area (Å²) in [5, 5.41) is 15.6. The van der Waals surface area contributed by atoms with Gasteiger partial charge in [0.2, 0.25) is 5.91 Å². The van der Waals surface area contributed by atoms with Crippen LogP contribution in [-0.4, -0.2) is 42.4 Å². The molecule has 0 unspecified atom stereocenters. The van der Waals surface area contributed by atoms with Gasteiger partial charge in [-0.3, -0.25) is 4.79 Å². The number of fused-ring (bicyclic) bond motifs is 3. The molecule has 2 atom stereocenters. The van der Waals surface area contributed by atoms with E-state index in [9.17, 15) is 14.7 Å². The lowest BCUT2D eigenvalue weighted by Crippen LogP contribution is -2.52. The summed E-state index contributed by atoms with van der Waals surface area (Å²) in [6, 6.07) is 34.1. The van der Waals surface area contributed by atoms with E-state index in [-0.39, 0.29) is 25.0 Å². The van der Waals surface area contributed by atoms with Crippen LogP contribution in [0.1, 0.15) is 28.2 Å². The van der Waals surface area contributed by atoms with Crippen LogP contribution >= 0.6 is 0 Å². The van der Waals surface area contributed by atoms with E-state index in [1.54, 1.807) is 0 Å². The lowest BCUT2D eigenvalue weighted by atomic mass is 9.98. The zero-order valence-corrected chi connectivity index (χ0v) is 21.6. The molecule has 0 heterocycles. The maximum Gasteiger partial charge on any atom is 0.407 e. The van der Waals surface area contributed by atoms with E-state index >= 15 is 0 Å². The molecule has 0 aromatic heterocycles. The fourth-order valence-corrected chi connectivity index (χ4v) is 5.20. The first-order valence-corrected chi connectivity index (χ1v) is 13.2. The molecule has 0 saturated carbocycles. The molecule has 0 spiro atoms. The second kappa shape index (κ2) is 12.4. The highest BCUT2D eigenvalue weighted by molar-refractivity contribution is 5.86. The zero-order valence-electron chi connectivity index (χ0n) is 21.6. The molecule has 5 rings (SSSR count). The fourth-order valence-electron chi connectivity index (χ4n) is 5.20. The summed E-state index contributed by atoms with van der Waals surface area (Å²) in [6.07, 6.45) is 0.114. The predicted octanol–water partition coefficient (Wildman–Crippen LogP) is 4.86. The van der Waals surface area contributed by atoms with Crippen molar-refractivity contribution < 1.29 is 19.4 Å². The molecule has 2 amide bonds. The minimum absolute atomic E-state index is 0.0748. The van der Waals surface area contributed by atoms with Crippen LogP contribution in [0.5, 0.6) is 0 Å². The Balaban J connectivity index is 1.26. The minimum atomic E-state index is -0.868. The average molecular weight is 521 g/mol. The van der Waals surface area contributed by atoms with E-state index < -0.39 is 18.2 Å². The van der Waals surface area contributed by atoms with Gasteiger partial charge in [-0.2, -0.15) is 0 Å². The minimum Gasteiger partial charge on any atom is -0.449 e. The van der Waals surface area contributed by atoms with Gasteiger partial charge in [0.1, 0.15) is 12.6 Å². The molecule has 4 aromatic rings. The lowest BCUT2D eigenvalue weighted by Gasteiger charge is -2.23. The van der Waals surface area contributed by atoms with Gasteiger partial charge in [-0.25, -0.2) is 4.79 Å². The molecule has 1 aliphatic carbocycles. The first-order valence-electron chi connectivity index (χ1n) is 13.2. The number of carbonyl (C=O) groups is 2. The number of rotatable bonds is 10. The quantitative estimate of drug-likeness (QED) is 0.279. The molecule has 0 aliphatic heterocycles. The Bertz CT molecular complexity index is 1360. The van der Waals surface area contributed by atoms with Crippen LogP contribution in [0.2, 0.25) is 0 Å². The predicted molar refractivity (Wildman–Crippen MR) is 151 cm³/mol. The number of hydrogen-bond acceptors (Lipinski definition) is 4. The van der Waals surface area contributed by atoms with Crippen molar-refractivity contribution in [1.82, 2.24) is 10.6 Å². The Morgan fingerprint density at radius 3 is 1.77 bits per heavy atom. The van der Waals surface area contributed by atoms with Crippen LogP contribution in [0.3, 0.4) is 0 Å². The van der Waals surface area contributed by atoms with E-state index in [4.69, 9.17) is 4.74 Å². The van der Waals surface area contributed by atoms with Crippen molar-refractivity contribution in [3.05, 3.63) is 131 Å². The number of aliphatic hydroxyl groups excluding tert-OH is 1. The highest BCUT2D eigenvalue weighted by Gasteiger charge is 2.30. The Morgan fingerprint density at radius 2 is 1.21 bits per heavy atom. The number of nitrogens with one attached hydrogen (secondary N) is 2. The van der Waals surface area contributed by atoms with E-state index in [0.717, 1.165) is 33.4 Å². The first-order chi connectivity index (χ1) is 19.1. The topological polar surface area (TPSA) is 87.7 Å². The van der Waals surface area contributed by atoms with Gasteiger partial charge >= 0.3 is 6.09 Å². The molecule has 6 nitrogen and oxygen atoms in total. The third-order valence-corrected chi connectivity index (χ3v) is 7.13. The van der Waals surface area contributed by atoms with Gasteiger partial charge in [0, 0.05) is 12.3 Å². The summed E-state index contributed by atoms with van der Waals surface area (Å²) in [5.74, 6) is -0.448. The van der Waals surface area contributed by atoms with Crippen LogP contribution in [0.4, 0.5) is 4.79 Å². The summed E-state index contributed by atoms with van der Waals surface area (Å²) in [7, 11) is 0. The Hall–Kier alpha value is -4.42. The Morgan fingerprint density at radius 1 is 0.692 bits per heavy atom. The molecule has 4 aromatic carbocycles. The number of carbonyl (C=O) groups excluding carboxylic acids is 2. The van der Waals surface area contributed by atoms with Gasteiger partial charge in [-0.05, 0) is 39.8 Å². The number of hydrogen-bond donors (Lipinski definition) is 3. The lowest BCUT2D eigenvalue weighted by molar-refractivity contribution is -0.124. The van der Waals surface area contributed by atoms with E-state index in [2.05, 4.69) is 34.9 Å². The third-order valence-electron chi connectivity index (χ3n) is 7.13. The number of ether oxygens (including phenoxy) is 1. The van der Waals surface area contributed by atoms with E-state index in [0.29, 0.717) is 12.8 Å². The summed E-state index contributed by atoms with van der Waals surface area (Å²) in [4.78, 5) is 26.4. The number of aliphatic hydroxyl groups is 1. The Labute approximate surface area is 228 Å². The van der Waals surface area contributed by atoms with Crippen molar-refractivity contribution in [2.45, 2.75) is 30.8 Å². The van der Waals surface area contributed by atoms with Gasteiger partial charge in [0.15, 0.2) is 0 Å². The largest absolute Gasteiger partial charge is 0.449 e. The summed E-state index contributed by atoms with van der Waals surface area (Å²) >= 11 is 0. The smallest absolute Gasteiger partial charge is 0.407 e. The standard InChI is InChI=1S/C33H32N2O4/c36-21-25(19-23-11-3-1-4-12-23)34-32(37)31(20-24-13-5-2-6-14-24)35-33(38)39-22-30-28-17-9-7-15-26(28)27-16-8-10-18-29(27)30/h1-18,25,30-31,36H,19-22H2,(H,34,37)(H,35,38)/t25-,31+/m1/s1. The van der Waals surface area contributed by atoms with E-state index in [1.165, 1.54) is 0 Å². The highest BCUT2D eigenvalue weighted by atomic mass is 16.5. The molecule has 0 radical (unpaired) electrons. The van der Waals surface area contributed by atoms with Crippen LogP contribution in [-0.2, 0) is 22.4 Å². The van der Waals surface area contributed by atoms with Crippen LogP contribution in [0, 0.1) is 0 Å². The van der Waals surface area contributed by atoms with Crippen molar-refractivity contribution in [1.29, 1.82) is 0 Å². The van der Waals surface area contributed by atoms with Crippen molar-refractivity contribution in [2.24, 2.45) is 0 Å². The molecule has 0 saturated heterocycles. The van der Waals surface area contributed by atoms with Gasteiger partial charge < -0.3 is 20.5 Å². The van der Waals surface area contributed by atoms with Gasteiger partial charge in [-0.1, -0.05) is 109 Å². The zero-order chi connectivity index (χ0) is 27.0. The molecule has 39 heavy (non-hydrogen) atoms. The summed E-state index contributed by atoms with van der Waals surface area (Å²) < 4.78 is 5.71. The Kier molecular flexibility index (Phi) is 8.34. The van der Waals surface area contributed by atoms with Crippen LogP contribution in [0.25, 0.3) is 11.1 Å². The summed E-state index contributed by atoms with van der Waals surface area (Å²) in [5.41, 5.74) is 6.45. The second-order valence-electron chi connectivity index (χ2n) is 9.79. The van der Waals surface area contributed by atoms with Gasteiger partial charge in [0.05, 0.1) is 12.6 Å². The normalized spacial score (nSPS) is 13.6. The van der Waals surface area contributed by atoms with Crippen molar-refractivity contribution in [3.63, 3.8) is 0 Å². The van der Waals surface area contributed by atoms with Crippen LogP contribution < -0.4 is 10.6 Å². The molecule has 1 aliphatic rings. The fraction of sp³-hybridized carbons (Fsp3) is 0.212. The molecule has 3 N–H and O–H groups in total. The van der Waals surface area contributed by atoms with Gasteiger partial charge in [0.25, 0.3) is 0 Å². The molecular formula is C33H32N2O4. The van der Waals surface area contributed by atoms with Crippen molar-refractivity contribution in [2.75, 3.05) is 13.2 Å². The van der Waals surface area contributed by atoms with E-state index in [1.807, 2.05) is 84.9 Å². The molecule has 198 valence electrons. The van der Waals surface area contributed by atoms with Gasteiger partial charge in [-0.15, -0.1) is 0 Å². The molecule has 0 bridgehead atoms. The average Bonchev–Trinajstić information content (AvgIpc) is 3.30. The monoisotopic (exact) mass is 520 g/mol. The highest BCUT2D eigenvalue weighted by Crippen LogP contribution is 2.44. The number of benzene rings is 4.